The summed E-state index contributed by atoms with van der Waals surface area (Å²) in [5.41, 5.74) is 20.6. The normalized spacial score (nSPS) is 19.1. The highest BCUT2D eigenvalue weighted by Gasteiger charge is 2.35. The Kier molecular flexibility index (Phi) is 28.9. The summed E-state index contributed by atoms with van der Waals surface area (Å²) in [5, 5.41) is 18.1. The van der Waals surface area contributed by atoms with Gasteiger partial charge in [-0.1, -0.05) is 154 Å². The number of methoxy groups -OCH3 is 4. The Morgan fingerprint density at radius 3 is 0.908 bits per heavy atom. The molecule has 4 fully saturated rings. The second-order valence-corrected chi connectivity index (χ2v) is 33.9. The van der Waals surface area contributed by atoms with Crippen LogP contribution < -0.4 is 23.7 Å². The minimum absolute atomic E-state index is 0.0650. The van der Waals surface area contributed by atoms with Gasteiger partial charge in [0.2, 0.25) is 0 Å². The van der Waals surface area contributed by atoms with E-state index in [1.807, 2.05) is 144 Å². The van der Waals surface area contributed by atoms with Crippen molar-refractivity contribution in [3.05, 3.63) is 328 Å². The highest BCUT2D eigenvalue weighted by atomic mass is 16.7. The number of hydrogen-bond acceptors (Lipinski definition) is 22. The molecule has 26 heteroatoms. The van der Waals surface area contributed by atoms with E-state index < -0.39 is 0 Å². The van der Waals surface area contributed by atoms with Crippen LogP contribution in [0.15, 0.2) is 287 Å². The first-order valence-electron chi connectivity index (χ1n) is 45.2. The average molecular weight is 1760 g/mol. The van der Waals surface area contributed by atoms with E-state index in [4.69, 9.17) is 47.8 Å². The molecule has 674 valence electrons. The Morgan fingerprint density at radius 1 is 0.328 bits per heavy atom. The number of fused-ring (bicyclic) bond motifs is 4. The van der Waals surface area contributed by atoms with E-state index in [0.717, 1.165) is 242 Å². The number of nitrogens with zero attached hydrogens (tertiary/aromatic N) is 16. The molecule has 0 N–H and O–H groups in total. The Balaban J connectivity index is 0.000000122. The fraction of sp³-hybridized carbons (Fsp3) is 0.314. The molecule has 4 saturated heterocycles. The van der Waals surface area contributed by atoms with Crippen molar-refractivity contribution in [2.24, 2.45) is 20.6 Å². The van der Waals surface area contributed by atoms with E-state index >= 15 is 0 Å². The second kappa shape index (κ2) is 42.7. The molecule has 12 heterocycles. The van der Waals surface area contributed by atoms with Crippen LogP contribution in [-0.4, -0.2) is 200 Å². The van der Waals surface area contributed by atoms with Crippen LogP contribution >= 0.6 is 0 Å². The van der Waals surface area contributed by atoms with Gasteiger partial charge in [-0.3, -0.25) is 0 Å². The third-order valence-electron chi connectivity index (χ3n) is 24.0. The monoisotopic (exact) mass is 1760 g/mol. The van der Waals surface area contributed by atoms with Gasteiger partial charge in [0.25, 0.3) is 0 Å². The van der Waals surface area contributed by atoms with E-state index in [9.17, 15) is 0 Å². The second-order valence-electron chi connectivity index (χ2n) is 33.9. The molecule has 4 atom stereocenters. The first-order chi connectivity index (χ1) is 64.3. The summed E-state index contributed by atoms with van der Waals surface area (Å²) in [7, 11) is 6.79. The lowest BCUT2D eigenvalue weighted by Gasteiger charge is -2.37. The molecule has 8 aliphatic rings. The van der Waals surface area contributed by atoms with Crippen LogP contribution in [0.3, 0.4) is 0 Å². The van der Waals surface area contributed by atoms with Crippen molar-refractivity contribution in [2.75, 3.05) is 94.0 Å². The average Bonchev–Trinajstić information content (AvgIpc) is 1.23. The molecule has 0 amide bonds. The number of aryl methyl sites for hydroxylation is 4. The van der Waals surface area contributed by atoms with Crippen molar-refractivity contribution in [3.63, 3.8) is 0 Å². The SMILES string of the molecule is COc1cc(/C=C2\CCCN3CC(COCc4ccccc4)ON=C23)ccc1-n1cnc(C)c1.COc1cc(/C=C2\CCCN3CC(COc4ccccc4)ON=C23)ccc1-n1cnc(C)c1.COc1cc(/C=C2\CCCN3CC(Cc4ccccc4)ON=C23)ccc1-n1cnc(C)c1.COc1cc(/C=C2\CCCN3CC(Cc4ccccc4)ON=C23)ccc1-n1cnc(C)c1. The molecule has 0 radical (unpaired) electrons. The minimum atomic E-state index is -0.0914. The van der Waals surface area contributed by atoms with Crippen LogP contribution in [0.1, 0.15) is 113 Å². The first-order valence-corrected chi connectivity index (χ1v) is 45.2. The fourth-order valence-corrected chi connectivity index (χ4v) is 17.6. The lowest BCUT2D eigenvalue weighted by molar-refractivity contribution is -0.0419. The molecule has 0 spiro atoms. The van der Waals surface area contributed by atoms with Crippen molar-refractivity contribution in [1.29, 1.82) is 0 Å². The van der Waals surface area contributed by atoms with Crippen LogP contribution in [0, 0.1) is 27.7 Å². The van der Waals surface area contributed by atoms with Gasteiger partial charge in [0.15, 0.2) is 35.6 Å². The number of ether oxygens (including phenoxy) is 6. The maximum Gasteiger partial charge on any atom is 0.178 e. The largest absolute Gasteiger partial charge is 0.495 e. The van der Waals surface area contributed by atoms with Gasteiger partial charge in [0, 0.05) is 63.8 Å². The van der Waals surface area contributed by atoms with Crippen LogP contribution in [0.2, 0.25) is 0 Å². The minimum Gasteiger partial charge on any atom is -0.495 e. The number of rotatable bonds is 23. The van der Waals surface area contributed by atoms with Gasteiger partial charge in [-0.2, -0.15) is 0 Å². The quantitative estimate of drug-likeness (QED) is 0.0580. The van der Waals surface area contributed by atoms with Crippen LogP contribution in [0.25, 0.3) is 47.1 Å². The molecule has 12 aromatic rings. The zero-order valence-corrected chi connectivity index (χ0v) is 75.8. The summed E-state index contributed by atoms with van der Waals surface area (Å²) in [4.78, 5) is 50.1. The summed E-state index contributed by atoms with van der Waals surface area (Å²) in [6, 6.07) is 65.9. The number of aromatic nitrogens is 8. The standard InChI is InChI=1S/C27H30N4O3.C26H28N4O3.2C26H28N4O2/c1-20-15-31(19-28-20)25-11-10-22(14-26(25)32-2)13-23-9-6-12-30-16-24(34-29-27(23)30)18-33-17-21-7-4-3-5-8-21;1-19-15-30(18-27-19)24-11-10-20(14-25(24)31-2)13-21-7-6-12-29-16-23(33-28-26(21)29)17-32-22-8-4-3-5-9-22;2*1-19-16-30(18-27-19)24-11-10-21(15-25(24)31-2)13-22-9-6-12-29-17-23(32-28-26(22)29)14-20-7-4-3-5-8-20/h3-5,7-8,10-11,13-15,19,24H,6,9,12,16-18H2,1-2H3;3-5,8-11,13-15,18,23H,6-7,12,16-17H2,1-2H3;2*3-5,7-8,10-11,13,15-16,18,23H,6,9,12,14,17H2,1-2H3/b23-13+;21-13+;2*22-13+. The van der Waals surface area contributed by atoms with Gasteiger partial charge in [-0.15, -0.1) is 0 Å². The summed E-state index contributed by atoms with van der Waals surface area (Å²) < 4.78 is 42.4. The molecule has 0 bridgehead atoms. The molecule has 26 nitrogen and oxygen atoms in total. The van der Waals surface area contributed by atoms with Gasteiger partial charge in [-0.25, -0.2) is 19.9 Å². The molecule has 131 heavy (non-hydrogen) atoms. The molecule has 8 aromatic carbocycles. The number of benzene rings is 8. The van der Waals surface area contributed by atoms with Crippen molar-refractivity contribution in [3.8, 4) is 51.5 Å². The summed E-state index contributed by atoms with van der Waals surface area (Å²) in [6.45, 7) is 16.8. The number of para-hydroxylation sites is 1. The number of piperidine rings is 4. The van der Waals surface area contributed by atoms with Crippen molar-refractivity contribution in [1.82, 2.24) is 57.8 Å². The van der Waals surface area contributed by atoms with Gasteiger partial charge >= 0.3 is 0 Å². The maximum absolute atomic E-state index is 5.91. The molecular weight excluding hydrogens is 1650 g/mol. The topological polar surface area (TPSA) is 226 Å². The Hall–Kier alpha value is -14.4. The van der Waals surface area contributed by atoms with Gasteiger partial charge in [-0.05, 0) is 225 Å². The van der Waals surface area contributed by atoms with E-state index in [-0.39, 0.29) is 24.4 Å². The number of oxime groups is 4. The Labute approximate surface area is 766 Å². The molecule has 8 aliphatic heterocycles. The first kappa shape index (κ1) is 88.6. The lowest BCUT2D eigenvalue weighted by Crippen LogP contribution is -2.47. The number of imidazole rings is 4. The molecule has 0 saturated carbocycles. The smallest absolute Gasteiger partial charge is 0.178 e. The number of hydrogen-bond donors (Lipinski definition) is 0. The summed E-state index contributed by atoms with van der Waals surface area (Å²) in [5.74, 6) is 7.86. The summed E-state index contributed by atoms with van der Waals surface area (Å²) >= 11 is 0. The number of amidine groups is 4. The van der Waals surface area contributed by atoms with Crippen molar-refractivity contribution in [2.45, 2.75) is 123 Å². The van der Waals surface area contributed by atoms with Gasteiger partial charge in [0.1, 0.15) is 47.6 Å². The highest BCUT2D eigenvalue weighted by Crippen LogP contribution is 2.36. The fourth-order valence-electron chi connectivity index (χ4n) is 17.6. The van der Waals surface area contributed by atoms with E-state index in [2.05, 4.69) is 218 Å². The van der Waals surface area contributed by atoms with Crippen molar-refractivity contribution < 1.29 is 47.8 Å². The molecule has 20 rings (SSSR count). The molecule has 4 aromatic heterocycles. The predicted octanol–water partition coefficient (Wildman–Crippen LogP) is 18.3. The third-order valence-corrected chi connectivity index (χ3v) is 24.0. The van der Waals surface area contributed by atoms with Crippen LogP contribution in [0.4, 0.5) is 0 Å². The van der Waals surface area contributed by atoms with E-state index in [1.165, 1.54) is 33.4 Å². The molecule has 4 unspecified atom stereocenters. The van der Waals surface area contributed by atoms with Gasteiger partial charge < -0.3 is 85.6 Å². The predicted molar refractivity (Wildman–Crippen MR) is 512 cm³/mol. The Bertz CT molecular complexity index is 5950. The third kappa shape index (κ3) is 22.7. The highest BCUT2D eigenvalue weighted by molar-refractivity contribution is 6.05. The zero-order chi connectivity index (χ0) is 89.8. The van der Waals surface area contributed by atoms with Crippen LogP contribution in [-0.2, 0) is 43.5 Å². The summed E-state index contributed by atoms with van der Waals surface area (Å²) in [6.07, 6.45) is 34.1. The van der Waals surface area contributed by atoms with Crippen LogP contribution in [0.5, 0.6) is 28.7 Å². The Morgan fingerprint density at radius 2 is 0.611 bits per heavy atom. The van der Waals surface area contributed by atoms with Crippen molar-refractivity contribution >= 4 is 47.6 Å². The van der Waals surface area contributed by atoms with Gasteiger partial charge in [0.05, 0.1) is 139 Å². The van der Waals surface area contributed by atoms with E-state index in [1.54, 1.807) is 41.1 Å². The zero-order valence-electron chi connectivity index (χ0n) is 75.8. The molecular formula is C105H114N16O10. The maximum atomic E-state index is 5.91. The van der Waals surface area contributed by atoms with E-state index in [0.29, 0.717) is 19.8 Å². The molecule has 0 aliphatic carbocycles. The lowest BCUT2D eigenvalue weighted by atomic mass is 9.98.